The summed E-state index contributed by atoms with van der Waals surface area (Å²) >= 11 is 1.59. The highest BCUT2D eigenvalue weighted by atomic mass is 32.1. The highest BCUT2D eigenvalue weighted by molar-refractivity contribution is 7.19. The third kappa shape index (κ3) is 3.56. The smallest absolute Gasteiger partial charge is 0.230 e. The Morgan fingerprint density at radius 3 is 2.76 bits per heavy atom. The molecule has 2 amide bonds. The summed E-state index contributed by atoms with van der Waals surface area (Å²) in [7, 11) is 0. The van der Waals surface area contributed by atoms with Crippen LogP contribution in [0.5, 0.6) is 0 Å². The minimum atomic E-state index is -0.102. The third-order valence-electron chi connectivity index (χ3n) is 7.13. The van der Waals surface area contributed by atoms with Crippen LogP contribution in [0.25, 0.3) is 26.2 Å². The zero-order valence-corrected chi connectivity index (χ0v) is 19.7. The van der Waals surface area contributed by atoms with E-state index < -0.39 is 0 Å². The van der Waals surface area contributed by atoms with E-state index in [0.29, 0.717) is 31.1 Å². The van der Waals surface area contributed by atoms with Gasteiger partial charge in [0.15, 0.2) is 5.69 Å². The second kappa shape index (κ2) is 8.49. The van der Waals surface area contributed by atoms with E-state index in [0.717, 1.165) is 65.1 Å². The van der Waals surface area contributed by atoms with E-state index in [1.165, 1.54) is 16.2 Å². The highest BCUT2D eigenvalue weighted by Gasteiger charge is 2.31. The number of imide groups is 1. The first kappa shape index (κ1) is 21.3. The predicted octanol–water partition coefficient (Wildman–Crippen LogP) is 4.28. The van der Waals surface area contributed by atoms with Gasteiger partial charge in [-0.15, -0.1) is 11.3 Å². The molecule has 8 heteroatoms. The molecule has 6 rings (SSSR count). The quantitative estimate of drug-likeness (QED) is 0.454. The molecule has 172 valence electrons. The number of thiophene rings is 1. The maximum absolute atomic E-state index is 12.1. The molecule has 1 atom stereocenters. The topological polar surface area (TPSA) is 69.9 Å². The van der Waals surface area contributed by atoms with Crippen LogP contribution in [-0.2, 0) is 22.6 Å². The molecular weight excluding hydrogens is 446 g/mol. The Morgan fingerprint density at radius 2 is 2.00 bits per heavy atom. The first-order chi connectivity index (χ1) is 16.6. The highest BCUT2D eigenvalue weighted by Crippen LogP contribution is 2.45. The summed E-state index contributed by atoms with van der Waals surface area (Å²) in [4.78, 5) is 37.5. The summed E-state index contributed by atoms with van der Waals surface area (Å²) in [5, 5.41) is 3.50. The molecule has 1 N–H and O–H groups in total. The van der Waals surface area contributed by atoms with E-state index in [2.05, 4.69) is 26.1 Å². The van der Waals surface area contributed by atoms with Crippen LogP contribution in [0.1, 0.15) is 36.1 Å². The van der Waals surface area contributed by atoms with Gasteiger partial charge in [-0.25, -0.2) is 4.85 Å². The largest absolute Gasteiger partial charge is 0.367 e. The van der Waals surface area contributed by atoms with E-state index in [-0.39, 0.29) is 11.8 Å². The number of hydrogen-bond acceptors (Lipinski definition) is 6. The van der Waals surface area contributed by atoms with E-state index in [1.807, 2.05) is 24.4 Å². The first-order valence-corrected chi connectivity index (χ1v) is 12.7. The number of likely N-dealkylation sites (tertiary alicyclic amines) is 1. The number of anilines is 1. The molecule has 0 aliphatic carbocycles. The van der Waals surface area contributed by atoms with Gasteiger partial charge in [-0.2, -0.15) is 0 Å². The van der Waals surface area contributed by atoms with Crippen LogP contribution in [-0.4, -0.2) is 47.4 Å². The normalized spacial score (nSPS) is 20.3. The lowest BCUT2D eigenvalue weighted by molar-refractivity contribution is -0.138. The number of benzene rings is 1. The van der Waals surface area contributed by atoms with Gasteiger partial charge in [-0.05, 0) is 55.1 Å². The summed E-state index contributed by atoms with van der Waals surface area (Å²) in [6.07, 6.45) is 5.61. The lowest BCUT2D eigenvalue weighted by Crippen LogP contribution is -2.40. The van der Waals surface area contributed by atoms with Gasteiger partial charge < -0.3 is 10.2 Å². The first-order valence-electron chi connectivity index (χ1n) is 11.8. The number of nitrogens with one attached hydrogen (secondary N) is 1. The molecule has 2 saturated heterocycles. The van der Waals surface area contributed by atoms with Gasteiger partial charge in [0.2, 0.25) is 11.8 Å². The summed E-state index contributed by atoms with van der Waals surface area (Å²) in [5.41, 5.74) is 6.18. The Balaban J connectivity index is 1.48. The maximum Gasteiger partial charge on any atom is 0.230 e. The van der Waals surface area contributed by atoms with Crippen molar-refractivity contribution in [1.29, 1.82) is 0 Å². The van der Waals surface area contributed by atoms with Crippen molar-refractivity contribution in [3.8, 4) is 11.1 Å². The van der Waals surface area contributed by atoms with Crippen LogP contribution in [0.15, 0.2) is 30.5 Å². The number of amides is 2. The number of rotatable bonds is 4. The van der Waals surface area contributed by atoms with Gasteiger partial charge in [0.05, 0.1) is 23.3 Å². The molecule has 0 unspecified atom stereocenters. The second-order valence-corrected chi connectivity index (χ2v) is 10.4. The number of aromatic nitrogens is 1. The number of carbonyl (C=O) groups excluding carboxylic acids is 2. The van der Waals surface area contributed by atoms with Crippen molar-refractivity contribution >= 4 is 44.7 Å². The molecule has 3 aromatic rings. The van der Waals surface area contributed by atoms with Crippen molar-refractivity contribution in [3.63, 3.8) is 0 Å². The molecule has 0 radical (unpaired) electrons. The molecule has 0 bridgehead atoms. The van der Waals surface area contributed by atoms with Crippen LogP contribution in [0, 0.1) is 6.57 Å². The van der Waals surface area contributed by atoms with Gasteiger partial charge in [0.25, 0.3) is 0 Å². The minimum Gasteiger partial charge on any atom is -0.367 e. The van der Waals surface area contributed by atoms with Gasteiger partial charge in [-0.3, -0.25) is 19.5 Å². The third-order valence-corrected chi connectivity index (χ3v) is 8.27. The second-order valence-electron chi connectivity index (χ2n) is 9.22. The SMILES string of the molecule is [C-]#[N+]c1cc2c(c(-c3ccnc4cc(CN5C(=O)CCC5=O)sc34)c1)N([C@H]1CCNC1)CCC2. The number of aryl methyl sites for hydroxylation is 1. The summed E-state index contributed by atoms with van der Waals surface area (Å²) < 4.78 is 1.04. The molecule has 7 nitrogen and oxygen atoms in total. The van der Waals surface area contributed by atoms with Crippen LogP contribution >= 0.6 is 11.3 Å². The molecular formula is C26H25N5O2S. The van der Waals surface area contributed by atoms with Gasteiger partial charge in [0, 0.05) is 54.3 Å². The zero-order chi connectivity index (χ0) is 23.2. The van der Waals surface area contributed by atoms with E-state index in [1.54, 1.807) is 11.3 Å². The number of nitrogens with zero attached hydrogens (tertiary/aromatic N) is 4. The molecule has 3 aliphatic heterocycles. The molecule has 5 heterocycles. The van der Waals surface area contributed by atoms with Crippen molar-refractivity contribution in [2.45, 2.75) is 44.7 Å². The molecule has 34 heavy (non-hydrogen) atoms. The number of hydrogen-bond donors (Lipinski definition) is 1. The molecule has 1 aromatic carbocycles. The fourth-order valence-electron chi connectivity index (χ4n) is 5.53. The van der Waals surface area contributed by atoms with Crippen LogP contribution in [0.3, 0.4) is 0 Å². The van der Waals surface area contributed by atoms with Crippen molar-refractivity contribution in [1.82, 2.24) is 15.2 Å². The van der Waals surface area contributed by atoms with Crippen molar-refractivity contribution in [3.05, 3.63) is 52.3 Å². The maximum atomic E-state index is 12.1. The van der Waals surface area contributed by atoms with E-state index >= 15 is 0 Å². The Bertz CT molecular complexity index is 1340. The standard InChI is InChI=1S/C26H25N5O2S/c1-27-17-11-16-3-2-10-30(18-6-8-28-14-18)25(16)21(12-17)20-7-9-29-22-13-19(34-26(20)22)15-31-23(32)4-5-24(31)33/h7,9,11-13,18,28H,2-6,8,10,14-15H2/t18-/m0/s1. The van der Waals surface area contributed by atoms with E-state index in [9.17, 15) is 9.59 Å². The van der Waals surface area contributed by atoms with Crippen molar-refractivity contribution < 1.29 is 9.59 Å². The summed E-state index contributed by atoms with van der Waals surface area (Å²) in [5.74, 6) is -0.203. The Labute approximate surface area is 202 Å². The van der Waals surface area contributed by atoms with Crippen LogP contribution in [0.2, 0.25) is 0 Å². The van der Waals surface area contributed by atoms with Gasteiger partial charge >= 0.3 is 0 Å². The van der Waals surface area contributed by atoms with E-state index in [4.69, 9.17) is 6.57 Å². The predicted molar refractivity (Wildman–Crippen MR) is 133 cm³/mol. The van der Waals surface area contributed by atoms with Crippen LogP contribution in [0.4, 0.5) is 11.4 Å². The molecule has 3 aliphatic rings. The van der Waals surface area contributed by atoms with Gasteiger partial charge in [0.1, 0.15) is 0 Å². The average Bonchev–Trinajstić information content (AvgIpc) is 3.60. The fourth-order valence-corrected chi connectivity index (χ4v) is 6.66. The Morgan fingerprint density at radius 1 is 1.15 bits per heavy atom. The van der Waals surface area contributed by atoms with Gasteiger partial charge in [-0.1, -0.05) is 6.07 Å². The monoisotopic (exact) mass is 471 g/mol. The molecule has 0 saturated carbocycles. The molecule has 0 spiro atoms. The number of fused-ring (bicyclic) bond motifs is 2. The fraction of sp³-hybridized carbons (Fsp3) is 0.385. The van der Waals surface area contributed by atoms with Crippen LogP contribution < -0.4 is 10.2 Å². The average molecular weight is 472 g/mol. The van der Waals surface area contributed by atoms with Crippen molar-refractivity contribution in [2.75, 3.05) is 24.5 Å². The summed E-state index contributed by atoms with van der Waals surface area (Å²) in [6, 6.07) is 8.57. The Kier molecular flexibility index (Phi) is 5.31. The number of pyridine rings is 1. The Hall–Kier alpha value is -3.28. The molecule has 2 fully saturated rings. The zero-order valence-electron chi connectivity index (χ0n) is 18.8. The minimum absolute atomic E-state index is 0.102. The lowest BCUT2D eigenvalue weighted by Gasteiger charge is -2.38. The molecule has 2 aromatic heterocycles. The number of carbonyl (C=O) groups is 2. The van der Waals surface area contributed by atoms with Crippen molar-refractivity contribution in [2.24, 2.45) is 0 Å². The summed E-state index contributed by atoms with van der Waals surface area (Å²) in [6.45, 7) is 11.0. The lowest BCUT2D eigenvalue weighted by atomic mass is 9.92.